The number of carbonyl (C=O) groups is 2. The van der Waals surface area contributed by atoms with Crippen molar-refractivity contribution in [1.82, 2.24) is 10.2 Å². The molecule has 6 nitrogen and oxygen atoms in total. The molecule has 0 aliphatic heterocycles. The number of nitrogens with zero attached hydrogens (tertiary/aromatic N) is 1. The van der Waals surface area contributed by atoms with Crippen molar-refractivity contribution < 1.29 is 9.59 Å². The molecule has 0 atom stereocenters. The molecule has 0 unspecified atom stereocenters. The number of nitrogens with two attached hydrogens (primary N) is 1. The van der Waals surface area contributed by atoms with Gasteiger partial charge in [0.2, 0.25) is 5.91 Å². The number of amides is 2. The fraction of sp³-hybridized carbons (Fsp3) is 0.467. The number of nitrogen functional groups attached to an aromatic ring is 1. The van der Waals surface area contributed by atoms with E-state index < -0.39 is 0 Å². The molecule has 0 heterocycles. The number of rotatable bonds is 6. The molecule has 0 saturated carbocycles. The Balaban J connectivity index is 2.75. The van der Waals surface area contributed by atoms with Crippen molar-refractivity contribution in [3.05, 3.63) is 23.8 Å². The predicted molar refractivity (Wildman–Crippen MR) is 85.2 cm³/mol. The second-order valence-corrected chi connectivity index (χ2v) is 5.56. The van der Waals surface area contributed by atoms with Gasteiger partial charge in [-0.1, -0.05) is 13.8 Å². The second-order valence-electron chi connectivity index (χ2n) is 5.56. The molecule has 0 spiro atoms. The number of hydrogen-bond donors (Lipinski definition) is 3. The van der Waals surface area contributed by atoms with Crippen molar-refractivity contribution in [2.45, 2.75) is 13.8 Å². The summed E-state index contributed by atoms with van der Waals surface area (Å²) < 4.78 is 0. The minimum atomic E-state index is -0.139. The van der Waals surface area contributed by atoms with Gasteiger partial charge in [-0.25, -0.2) is 0 Å². The van der Waals surface area contributed by atoms with E-state index in [1.165, 1.54) is 4.90 Å². The maximum atomic E-state index is 12.1. The summed E-state index contributed by atoms with van der Waals surface area (Å²) in [4.78, 5) is 25.3. The number of hydrogen-bond acceptors (Lipinski definition) is 4. The van der Waals surface area contributed by atoms with Crippen molar-refractivity contribution in [3.63, 3.8) is 0 Å². The molecule has 6 heteroatoms. The molecule has 4 N–H and O–H groups in total. The van der Waals surface area contributed by atoms with E-state index in [1.807, 2.05) is 13.8 Å². The van der Waals surface area contributed by atoms with E-state index in [0.29, 0.717) is 29.4 Å². The van der Waals surface area contributed by atoms with Crippen LogP contribution in [0.3, 0.4) is 0 Å². The average molecular weight is 292 g/mol. The smallest absolute Gasteiger partial charge is 0.255 e. The molecule has 0 fully saturated rings. The van der Waals surface area contributed by atoms with Gasteiger partial charge < -0.3 is 21.3 Å². The molecule has 0 radical (unpaired) electrons. The summed E-state index contributed by atoms with van der Waals surface area (Å²) in [5.74, 6) is 0.140. The maximum absolute atomic E-state index is 12.1. The van der Waals surface area contributed by atoms with Crippen LogP contribution in [-0.4, -0.2) is 43.9 Å². The normalized spacial score (nSPS) is 10.3. The van der Waals surface area contributed by atoms with Gasteiger partial charge in [0.1, 0.15) is 0 Å². The van der Waals surface area contributed by atoms with Gasteiger partial charge in [0.05, 0.1) is 12.1 Å². The summed E-state index contributed by atoms with van der Waals surface area (Å²) in [6, 6.07) is 4.99. The summed E-state index contributed by atoms with van der Waals surface area (Å²) in [6.45, 7) is 4.78. The molecule has 1 aromatic rings. The molecular formula is C15H24N4O2. The minimum absolute atomic E-state index is 0.101. The molecule has 0 aliphatic carbocycles. The van der Waals surface area contributed by atoms with Gasteiger partial charge in [0.25, 0.3) is 5.91 Å². The van der Waals surface area contributed by atoms with Crippen LogP contribution in [0.4, 0.5) is 11.4 Å². The van der Waals surface area contributed by atoms with E-state index in [2.05, 4.69) is 10.6 Å². The Kier molecular flexibility index (Phi) is 6.02. The monoisotopic (exact) mass is 292 g/mol. The third-order valence-corrected chi connectivity index (χ3v) is 2.83. The Labute approximate surface area is 125 Å². The fourth-order valence-electron chi connectivity index (χ4n) is 1.69. The zero-order chi connectivity index (χ0) is 16.0. The highest BCUT2D eigenvalue weighted by Crippen LogP contribution is 2.20. The van der Waals surface area contributed by atoms with E-state index in [4.69, 9.17) is 5.73 Å². The highest BCUT2D eigenvalue weighted by Gasteiger charge is 2.14. The van der Waals surface area contributed by atoms with Gasteiger partial charge in [0.15, 0.2) is 0 Å². The third kappa shape index (κ3) is 5.33. The van der Waals surface area contributed by atoms with E-state index in [9.17, 15) is 9.59 Å². The Hall–Kier alpha value is -2.24. The van der Waals surface area contributed by atoms with Crippen LogP contribution in [-0.2, 0) is 4.79 Å². The molecule has 21 heavy (non-hydrogen) atoms. The summed E-state index contributed by atoms with van der Waals surface area (Å²) in [6.07, 6.45) is 0. The quantitative estimate of drug-likeness (QED) is 0.686. The lowest BCUT2D eigenvalue weighted by molar-refractivity contribution is -0.119. The lowest BCUT2D eigenvalue weighted by Crippen LogP contribution is -2.33. The number of carbonyl (C=O) groups excluding carboxylic acids is 2. The van der Waals surface area contributed by atoms with Crippen LogP contribution in [0.15, 0.2) is 18.2 Å². The molecular weight excluding hydrogens is 268 g/mol. The zero-order valence-electron chi connectivity index (χ0n) is 13.1. The number of nitrogens with one attached hydrogen (secondary N) is 2. The van der Waals surface area contributed by atoms with Crippen molar-refractivity contribution >= 4 is 23.2 Å². The molecule has 2 amide bonds. The summed E-state index contributed by atoms with van der Waals surface area (Å²) in [5.41, 5.74) is 7.34. The van der Waals surface area contributed by atoms with Gasteiger partial charge in [0, 0.05) is 32.0 Å². The molecule has 0 bridgehead atoms. The first-order valence-corrected chi connectivity index (χ1v) is 6.93. The van der Waals surface area contributed by atoms with Crippen LogP contribution < -0.4 is 16.4 Å². The topological polar surface area (TPSA) is 87.5 Å². The second kappa shape index (κ2) is 7.52. The molecule has 116 valence electrons. The third-order valence-electron chi connectivity index (χ3n) is 2.83. The van der Waals surface area contributed by atoms with E-state index in [1.54, 1.807) is 32.3 Å². The summed E-state index contributed by atoms with van der Waals surface area (Å²) in [5, 5.41) is 5.78. The lowest BCUT2D eigenvalue weighted by atomic mass is 10.1. The van der Waals surface area contributed by atoms with E-state index in [0.717, 1.165) is 0 Å². The number of anilines is 2. The maximum Gasteiger partial charge on any atom is 0.255 e. The van der Waals surface area contributed by atoms with Crippen molar-refractivity contribution in [3.8, 4) is 0 Å². The van der Waals surface area contributed by atoms with Crippen molar-refractivity contribution in [1.29, 1.82) is 0 Å². The number of benzene rings is 1. The van der Waals surface area contributed by atoms with Gasteiger partial charge in [-0.05, 0) is 24.1 Å². The Morgan fingerprint density at radius 3 is 2.52 bits per heavy atom. The van der Waals surface area contributed by atoms with Crippen LogP contribution in [0.25, 0.3) is 0 Å². The fourth-order valence-corrected chi connectivity index (χ4v) is 1.69. The molecule has 0 aromatic heterocycles. The van der Waals surface area contributed by atoms with Crippen LogP contribution >= 0.6 is 0 Å². The van der Waals surface area contributed by atoms with E-state index >= 15 is 0 Å². The van der Waals surface area contributed by atoms with Gasteiger partial charge in [-0.15, -0.1) is 0 Å². The summed E-state index contributed by atoms with van der Waals surface area (Å²) >= 11 is 0. The van der Waals surface area contributed by atoms with Crippen molar-refractivity contribution in [2.24, 2.45) is 5.92 Å². The molecule has 1 aromatic carbocycles. The molecule has 0 aliphatic rings. The van der Waals surface area contributed by atoms with E-state index in [-0.39, 0.29) is 18.4 Å². The lowest BCUT2D eigenvalue weighted by Gasteiger charge is -2.16. The molecule has 0 saturated heterocycles. The Morgan fingerprint density at radius 1 is 1.29 bits per heavy atom. The van der Waals surface area contributed by atoms with Gasteiger partial charge in [-0.3, -0.25) is 9.59 Å². The standard InChI is InChI=1S/C15H24N4O2/c1-10(2)8-18-14(20)9-17-13-7-11(16)5-6-12(13)15(21)19(3)4/h5-7,10,17H,8-9,16H2,1-4H3,(H,18,20). The largest absolute Gasteiger partial charge is 0.399 e. The van der Waals surface area contributed by atoms with Crippen LogP contribution in [0.2, 0.25) is 0 Å². The van der Waals surface area contributed by atoms with Gasteiger partial charge >= 0.3 is 0 Å². The first kappa shape index (κ1) is 16.8. The highest BCUT2D eigenvalue weighted by atomic mass is 16.2. The minimum Gasteiger partial charge on any atom is -0.399 e. The SMILES string of the molecule is CC(C)CNC(=O)CNc1cc(N)ccc1C(=O)N(C)C. The Morgan fingerprint density at radius 2 is 1.95 bits per heavy atom. The van der Waals surface area contributed by atoms with Crippen molar-refractivity contribution in [2.75, 3.05) is 38.2 Å². The summed E-state index contributed by atoms with van der Waals surface area (Å²) in [7, 11) is 3.36. The van der Waals surface area contributed by atoms with Crippen LogP contribution in [0, 0.1) is 5.92 Å². The molecule has 1 rings (SSSR count). The average Bonchev–Trinajstić information content (AvgIpc) is 2.42. The van der Waals surface area contributed by atoms with Gasteiger partial charge in [-0.2, -0.15) is 0 Å². The van der Waals surface area contributed by atoms with Crippen LogP contribution in [0.1, 0.15) is 24.2 Å². The first-order valence-electron chi connectivity index (χ1n) is 6.93. The van der Waals surface area contributed by atoms with Crippen LogP contribution in [0.5, 0.6) is 0 Å². The highest BCUT2D eigenvalue weighted by molar-refractivity contribution is 6.00. The first-order chi connectivity index (χ1) is 9.81. The Bertz CT molecular complexity index is 512. The zero-order valence-corrected chi connectivity index (χ0v) is 13.1. The predicted octanol–water partition coefficient (Wildman–Crippen LogP) is 1.15.